The van der Waals surface area contributed by atoms with Crippen molar-refractivity contribution in [3.63, 3.8) is 0 Å². The number of aliphatic hydroxyl groups excluding tert-OH is 3. The Balaban J connectivity index is 1.63. The molecule has 0 bridgehead atoms. The molecule has 5 atom stereocenters. The van der Waals surface area contributed by atoms with Gasteiger partial charge in [0.2, 0.25) is 0 Å². The second kappa shape index (κ2) is 9.93. The van der Waals surface area contributed by atoms with E-state index in [9.17, 15) is 37.7 Å². The van der Waals surface area contributed by atoms with E-state index in [4.69, 9.17) is 4.74 Å². The van der Waals surface area contributed by atoms with Crippen molar-refractivity contribution in [2.75, 3.05) is 13.7 Å². The minimum absolute atomic E-state index is 0.228. The van der Waals surface area contributed by atoms with Crippen LogP contribution in [0.4, 0.5) is 17.6 Å². The summed E-state index contributed by atoms with van der Waals surface area (Å²) in [5.41, 5.74) is -0.725. The molecule has 2 heterocycles. The summed E-state index contributed by atoms with van der Waals surface area (Å²) in [5, 5.41) is 39.4. The number of rotatable bonds is 5. The molecule has 0 unspecified atom stereocenters. The minimum Gasteiger partial charge on any atom is -0.394 e. The Morgan fingerprint density at radius 2 is 1.86 bits per heavy atom. The zero-order valence-corrected chi connectivity index (χ0v) is 18.7. The van der Waals surface area contributed by atoms with Gasteiger partial charge in [0.15, 0.2) is 6.23 Å². The third-order valence-electron chi connectivity index (χ3n) is 5.94. The number of aromatic nitrogens is 3. The van der Waals surface area contributed by atoms with Crippen LogP contribution in [0, 0.1) is 5.82 Å². The summed E-state index contributed by atoms with van der Waals surface area (Å²) in [6.45, 7) is -0.697. The summed E-state index contributed by atoms with van der Waals surface area (Å²) in [5.74, 6) is -1.40. The zero-order chi connectivity index (χ0) is 26.2. The summed E-state index contributed by atoms with van der Waals surface area (Å²) in [6.07, 6.45) is -9.21. The summed E-state index contributed by atoms with van der Waals surface area (Å²) in [7, 11) is 1.21. The number of alkyl halides is 3. The fourth-order valence-corrected chi connectivity index (χ4v) is 4.07. The van der Waals surface area contributed by atoms with Crippen molar-refractivity contribution >= 4 is 5.91 Å². The molecule has 0 aliphatic carbocycles. The van der Waals surface area contributed by atoms with E-state index in [-0.39, 0.29) is 11.3 Å². The normalized spacial score (nSPS) is 24.5. The third-order valence-corrected chi connectivity index (χ3v) is 5.94. The second-order valence-electron chi connectivity index (χ2n) is 8.31. The molecule has 0 radical (unpaired) electrons. The van der Waals surface area contributed by atoms with Crippen LogP contribution in [0.3, 0.4) is 0 Å². The Bertz CT molecular complexity index is 1240. The lowest BCUT2D eigenvalue weighted by Crippen LogP contribution is -2.61. The molecule has 1 aromatic heterocycles. The van der Waals surface area contributed by atoms with E-state index < -0.39 is 60.7 Å². The molecule has 13 heteroatoms. The second-order valence-corrected chi connectivity index (χ2v) is 8.31. The topological polar surface area (TPSA) is 121 Å². The Hall–Kier alpha value is -3.39. The van der Waals surface area contributed by atoms with Crippen molar-refractivity contribution in [1.82, 2.24) is 19.9 Å². The lowest BCUT2D eigenvalue weighted by molar-refractivity contribution is -0.235. The molecule has 3 N–H and O–H groups in total. The van der Waals surface area contributed by atoms with Crippen LogP contribution < -0.4 is 0 Å². The van der Waals surface area contributed by atoms with Crippen LogP contribution in [0.25, 0.3) is 11.3 Å². The highest BCUT2D eigenvalue weighted by Crippen LogP contribution is 2.33. The SMILES string of the molecule is CN(C(=O)c1cccc(C(F)(F)F)c1)[C@@H]1O[C@H](CO)[C@H](O)[C@H](n2cc(-c3cccc(F)c3)nn2)[C@H]1O. The standard InChI is InChI=1S/C23H22F4N4O5/c1-30(21(35)13-5-2-6-14(8-13)23(25,26)27)22-20(34)18(19(33)17(11-32)36-22)31-10-16(28-29-31)12-4-3-7-15(24)9-12/h2-10,17-20,22,32-34H,11H2,1H3/t17-,18+,19+,20-,22-/m1/s1. The number of benzene rings is 2. The fourth-order valence-electron chi connectivity index (χ4n) is 4.07. The van der Waals surface area contributed by atoms with Gasteiger partial charge in [-0.25, -0.2) is 9.07 Å². The highest BCUT2D eigenvalue weighted by atomic mass is 19.4. The van der Waals surface area contributed by atoms with E-state index in [0.717, 1.165) is 21.7 Å². The molecule has 1 fully saturated rings. The first-order chi connectivity index (χ1) is 17.0. The molecular formula is C23H22F4N4O5. The number of hydrogen-bond donors (Lipinski definition) is 3. The molecule has 36 heavy (non-hydrogen) atoms. The number of halogens is 4. The van der Waals surface area contributed by atoms with Crippen molar-refractivity contribution < 1.29 is 42.4 Å². The first-order valence-electron chi connectivity index (χ1n) is 10.8. The van der Waals surface area contributed by atoms with E-state index in [0.29, 0.717) is 11.6 Å². The predicted molar refractivity (Wildman–Crippen MR) is 116 cm³/mol. The third kappa shape index (κ3) is 4.95. The molecule has 1 aliphatic rings. The molecule has 2 aromatic carbocycles. The summed E-state index contributed by atoms with van der Waals surface area (Å²) >= 11 is 0. The smallest absolute Gasteiger partial charge is 0.394 e. The van der Waals surface area contributed by atoms with E-state index >= 15 is 0 Å². The number of carbonyl (C=O) groups excluding carboxylic acids is 1. The van der Waals surface area contributed by atoms with Gasteiger partial charge in [-0.1, -0.05) is 23.4 Å². The molecule has 0 spiro atoms. The molecule has 4 rings (SSSR count). The van der Waals surface area contributed by atoms with Crippen LogP contribution in [0.1, 0.15) is 22.0 Å². The number of nitrogens with zero attached hydrogens (tertiary/aromatic N) is 4. The zero-order valence-electron chi connectivity index (χ0n) is 18.7. The van der Waals surface area contributed by atoms with Gasteiger partial charge in [-0.15, -0.1) is 5.10 Å². The largest absolute Gasteiger partial charge is 0.416 e. The summed E-state index contributed by atoms with van der Waals surface area (Å²) < 4.78 is 59.5. The van der Waals surface area contributed by atoms with Gasteiger partial charge in [-0.2, -0.15) is 13.2 Å². The lowest BCUT2D eigenvalue weighted by Gasteiger charge is -2.45. The highest BCUT2D eigenvalue weighted by Gasteiger charge is 2.48. The number of carbonyl (C=O) groups is 1. The number of likely N-dealkylation sites (N-methyl/N-ethyl adjacent to an activating group) is 1. The Kier molecular flexibility index (Phi) is 7.09. The number of amides is 1. The van der Waals surface area contributed by atoms with Gasteiger partial charge in [0.25, 0.3) is 5.91 Å². The number of ether oxygens (including phenoxy) is 1. The van der Waals surface area contributed by atoms with E-state index in [1.165, 1.54) is 37.5 Å². The van der Waals surface area contributed by atoms with Gasteiger partial charge in [0.05, 0.1) is 18.4 Å². The molecular weight excluding hydrogens is 488 g/mol. The van der Waals surface area contributed by atoms with Crippen molar-refractivity contribution in [2.24, 2.45) is 0 Å². The Morgan fingerprint density at radius 3 is 2.53 bits per heavy atom. The Morgan fingerprint density at radius 1 is 1.14 bits per heavy atom. The monoisotopic (exact) mass is 510 g/mol. The van der Waals surface area contributed by atoms with Gasteiger partial charge in [-0.3, -0.25) is 4.79 Å². The summed E-state index contributed by atoms with van der Waals surface area (Å²) in [6, 6.07) is 7.98. The van der Waals surface area contributed by atoms with Crippen molar-refractivity contribution in [3.05, 3.63) is 71.7 Å². The minimum atomic E-state index is -4.67. The van der Waals surface area contributed by atoms with Gasteiger partial charge in [-0.05, 0) is 30.3 Å². The first-order valence-corrected chi connectivity index (χ1v) is 10.8. The lowest BCUT2D eigenvalue weighted by atomic mass is 9.94. The fraction of sp³-hybridized carbons (Fsp3) is 0.348. The molecule has 1 saturated heterocycles. The molecule has 0 saturated carbocycles. The van der Waals surface area contributed by atoms with Gasteiger partial charge >= 0.3 is 6.18 Å². The molecule has 9 nitrogen and oxygen atoms in total. The average Bonchev–Trinajstić information content (AvgIpc) is 3.33. The van der Waals surface area contributed by atoms with Gasteiger partial charge in [0, 0.05) is 18.2 Å². The first kappa shape index (κ1) is 25.7. The molecule has 1 amide bonds. The van der Waals surface area contributed by atoms with Gasteiger partial charge < -0.3 is 25.0 Å². The van der Waals surface area contributed by atoms with Crippen LogP contribution in [0.15, 0.2) is 54.7 Å². The summed E-state index contributed by atoms with van der Waals surface area (Å²) in [4.78, 5) is 13.9. The highest BCUT2D eigenvalue weighted by molar-refractivity contribution is 5.94. The van der Waals surface area contributed by atoms with Crippen molar-refractivity contribution in [2.45, 2.75) is 36.8 Å². The Labute approximate surface area is 202 Å². The van der Waals surface area contributed by atoms with Crippen LogP contribution in [-0.4, -0.2) is 79.3 Å². The van der Waals surface area contributed by atoms with Crippen LogP contribution >= 0.6 is 0 Å². The van der Waals surface area contributed by atoms with Crippen LogP contribution in [-0.2, 0) is 10.9 Å². The number of hydrogen-bond acceptors (Lipinski definition) is 7. The molecule has 3 aromatic rings. The maximum atomic E-state index is 13.6. The van der Waals surface area contributed by atoms with Gasteiger partial charge in [0.1, 0.15) is 35.9 Å². The van der Waals surface area contributed by atoms with E-state index in [2.05, 4.69) is 10.3 Å². The van der Waals surface area contributed by atoms with E-state index in [1.54, 1.807) is 6.07 Å². The van der Waals surface area contributed by atoms with Crippen LogP contribution in [0.5, 0.6) is 0 Å². The maximum Gasteiger partial charge on any atom is 0.416 e. The quantitative estimate of drug-likeness (QED) is 0.448. The van der Waals surface area contributed by atoms with Crippen LogP contribution in [0.2, 0.25) is 0 Å². The van der Waals surface area contributed by atoms with Crippen molar-refractivity contribution in [1.29, 1.82) is 0 Å². The predicted octanol–water partition coefficient (Wildman–Crippen LogP) is 1.86. The molecule has 1 aliphatic heterocycles. The molecule has 192 valence electrons. The van der Waals surface area contributed by atoms with E-state index in [1.807, 2.05) is 0 Å². The average molecular weight is 510 g/mol. The maximum absolute atomic E-state index is 13.6. The van der Waals surface area contributed by atoms with Crippen molar-refractivity contribution in [3.8, 4) is 11.3 Å². The number of aliphatic hydroxyl groups is 3.